The van der Waals surface area contributed by atoms with E-state index in [-0.39, 0.29) is 17.4 Å². The molecule has 0 aromatic carbocycles. The normalized spacial score (nSPS) is 26.9. The Hall–Kier alpha value is -1.06. The molecule has 4 nitrogen and oxygen atoms in total. The number of carbonyl (C=O) groups is 2. The Morgan fingerprint density at radius 1 is 1.00 bits per heavy atom. The molecule has 0 spiro atoms. The maximum absolute atomic E-state index is 10.7. The number of carbonyl (C=O) groups excluding carboxylic acids is 2. The summed E-state index contributed by atoms with van der Waals surface area (Å²) in [6.45, 7) is 7.83. The quantitative estimate of drug-likeness (QED) is 0.663. The van der Waals surface area contributed by atoms with Crippen LogP contribution in [0.5, 0.6) is 0 Å². The lowest BCUT2D eigenvalue weighted by Gasteiger charge is -2.02. The Labute approximate surface area is 89.9 Å². The molecule has 0 aromatic rings. The van der Waals surface area contributed by atoms with Crippen molar-refractivity contribution >= 4 is 11.9 Å². The van der Waals surface area contributed by atoms with Crippen molar-refractivity contribution in [3.8, 4) is 0 Å². The van der Waals surface area contributed by atoms with E-state index in [9.17, 15) is 9.59 Å². The predicted octanol–water partition coefficient (Wildman–Crippen LogP) is 1.38. The van der Waals surface area contributed by atoms with E-state index in [1.54, 1.807) is 0 Å². The van der Waals surface area contributed by atoms with Crippen LogP contribution in [0, 0.1) is 17.3 Å². The van der Waals surface area contributed by atoms with Gasteiger partial charge in [0.2, 0.25) is 0 Å². The van der Waals surface area contributed by atoms with Gasteiger partial charge >= 0.3 is 11.9 Å². The standard InChI is InChI=1S/C11H18O4/c1-7(12)14-5-9-10(11(9,3)4)6-15-8(2)13/h9-10H,5-6H2,1-4H3/t9-,10-/m0/s1. The van der Waals surface area contributed by atoms with Crippen molar-refractivity contribution in [2.75, 3.05) is 13.2 Å². The van der Waals surface area contributed by atoms with Crippen LogP contribution < -0.4 is 0 Å². The zero-order valence-corrected chi connectivity index (χ0v) is 9.70. The van der Waals surface area contributed by atoms with Crippen LogP contribution in [0.25, 0.3) is 0 Å². The van der Waals surface area contributed by atoms with Crippen molar-refractivity contribution in [1.29, 1.82) is 0 Å². The lowest BCUT2D eigenvalue weighted by Crippen LogP contribution is -2.07. The molecule has 86 valence electrons. The minimum absolute atomic E-state index is 0.102. The molecule has 0 radical (unpaired) electrons. The van der Waals surface area contributed by atoms with Crippen molar-refractivity contribution in [1.82, 2.24) is 0 Å². The second-order valence-corrected chi connectivity index (χ2v) is 4.64. The van der Waals surface area contributed by atoms with Crippen molar-refractivity contribution in [3.05, 3.63) is 0 Å². The van der Waals surface area contributed by atoms with Gasteiger partial charge in [0.25, 0.3) is 0 Å². The molecule has 0 bridgehead atoms. The summed E-state index contributed by atoms with van der Waals surface area (Å²) in [6, 6.07) is 0. The van der Waals surface area contributed by atoms with Gasteiger partial charge in [0.05, 0.1) is 13.2 Å². The first-order valence-electron chi connectivity index (χ1n) is 5.12. The van der Waals surface area contributed by atoms with Crippen LogP contribution in [0.1, 0.15) is 27.7 Å². The molecule has 0 heterocycles. The van der Waals surface area contributed by atoms with Gasteiger partial charge in [-0.15, -0.1) is 0 Å². The smallest absolute Gasteiger partial charge is 0.302 e. The van der Waals surface area contributed by atoms with Crippen LogP contribution in [0.3, 0.4) is 0 Å². The molecule has 15 heavy (non-hydrogen) atoms. The van der Waals surface area contributed by atoms with E-state index in [1.165, 1.54) is 13.8 Å². The van der Waals surface area contributed by atoms with Crippen LogP contribution in [0.2, 0.25) is 0 Å². The van der Waals surface area contributed by atoms with E-state index in [4.69, 9.17) is 9.47 Å². The first-order valence-corrected chi connectivity index (χ1v) is 5.12. The predicted molar refractivity (Wildman–Crippen MR) is 54.0 cm³/mol. The molecule has 0 amide bonds. The molecule has 0 aromatic heterocycles. The van der Waals surface area contributed by atoms with E-state index in [0.717, 1.165) is 0 Å². The van der Waals surface area contributed by atoms with E-state index in [1.807, 2.05) is 0 Å². The third-order valence-electron chi connectivity index (χ3n) is 3.22. The molecule has 0 unspecified atom stereocenters. The Bertz CT molecular complexity index is 244. The van der Waals surface area contributed by atoms with Gasteiger partial charge in [0, 0.05) is 25.7 Å². The summed E-state index contributed by atoms with van der Waals surface area (Å²) >= 11 is 0. The van der Waals surface area contributed by atoms with Gasteiger partial charge < -0.3 is 9.47 Å². The SMILES string of the molecule is CC(=O)OC[C@H]1[C@H](COC(C)=O)C1(C)C. The third kappa shape index (κ3) is 2.94. The zero-order chi connectivity index (χ0) is 11.6. The highest BCUT2D eigenvalue weighted by Crippen LogP contribution is 2.58. The second-order valence-electron chi connectivity index (χ2n) is 4.64. The van der Waals surface area contributed by atoms with E-state index >= 15 is 0 Å². The van der Waals surface area contributed by atoms with E-state index < -0.39 is 0 Å². The molecule has 1 aliphatic carbocycles. The fraction of sp³-hybridized carbons (Fsp3) is 0.818. The number of hydrogen-bond acceptors (Lipinski definition) is 4. The van der Waals surface area contributed by atoms with E-state index in [0.29, 0.717) is 25.0 Å². The summed E-state index contributed by atoms with van der Waals surface area (Å²) in [7, 11) is 0. The first kappa shape index (κ1) is 12.0. The fourth-order valence-corrected chi connectivity index (χ4v) is 1.93. The van der Waals surface area contributed by atoms with Gasteiger partial charge in [-0.1, -0.05) is 13.8 Å². The highest BCUT2D eigenvalue weighted by atomic mass is 16.5. The Kier molecular flexibility index (Phi) is 3.37. The monoisotopic (exact) mass is 214 g/mol. The van der Waals surface area contributed by atoms with Gasteiger partial charge in [-0.05, 0) is 5.41 Å². The number of ether oxygens (including phenoxy) is 2. The molecule has 1 saturated carbocycles. The minimum atomic E-state index is -0.260. The molecule has 1 aliphatic rings. The fourth-order valence-electron chi connectivity index (χ4n) is 1.93. The topological polar surface area (TPSA) is 52.6 Å². The van der Waals surface area contributed by atoms with Gasteiger partial charge in [-0.3, -0.25) is 9.59 Å². The third-order valence-corrected chi connectivity index (χ3v) is 3.22. The number of hydrogen-bond donors (Lipinski definition) is 0. The van der Waals surface area contributed by atoms with E-state index in [2.05, 4.69) is 13.8 Å². The average Bonchev–Trinajstić information content (AvgIpc) is 2.60. The highest BCUT2D eigenvalue weighted by molar-refractivity contribution is 5.66. The summed E-state index contributed by atoms with van der Waals surface area (Å²) in [6.07, 6.45) is 0. The van der Waals surface area contributed by atoms with Crippen molar-refractivity contribution in [3.63, 3.8) is 0 Å². The van der Waals surface area contributed by atoms with Gasteiger partial charge in [-0.2, -0.15) is 0 Å². The summed E-state index contributed by atoms with van der Waals surface area (Å²) in [5, 5.41) is 0. The molecular weight excluding hydrogens is 196 g/mol. The molecule has 1 rings (SSSR count). The largest absolute Gasteiger partial charge is 0.466 e. The second kappa shape index (κ2) is 4.21. The van der Waals surface area contributed by atoms with Crippen molar-refractivity contribution in [2.24, 2.45) is 17.3 Å². The lowest BCUT2D eigenvalue weighted by atomic mass is 10.1. The highest BCUT2D eigenvalue weighted by Gasteiger charge is 2.58. The summed E-state index contributed by atoms with van der Waals surface area (Å²) in [5.41, 5.74) is 0.102. The van der Waals surface area contributed by atoms with Crippen LogP contribution in [0.15, 0.2) is 0 Å². The van der Waals surface area contributed by atoms with Crippen LogP contribution in [-0.4, -0.2) is 25.2 Å². The Morgan fingerprint density at radius 3 is 1.60 bits per heavy atom. The van der Waals surface area contributed by atoms with Crippen LogP contribution >= 0.6 is 0 Å². The molecule has 2 atom stereocenters. The molecule has 4 heteroatoms. The molecule has 1 fully saturated rings. The van der Waals surface area contributed by atoms with Gasteiger partial charge in [0.15, 0.2) is 0 Å². The molecule has 0 N–H and O–H groups in total. The van der Waals surface area contributed by atoms with Crippen molar-refractivity contribution in [2.45, 2.75) is 27.7 Å². The first-order chi connectivity index (χ1) is 6.85. The Balaban J connectivity index is 2.34. The lowest BCUT2D eigenvalue weighted by molar-refractivity contribution is -0.143. The molecule has 0 saturated heterocycles. The van der Waals surface area contributed by atoms with Crippen LogP contribution in [0.4, 0.5) is 0 Å². The average molecular weight is 214 g/mol. The number of rotatable bonds is 4. The number of esters is 2. The maximum Gasteiger partial charge on any atom is 0.302 e. The van der Waals surface area contributed by atoms with Gasteiger partial charge in [0.1, 0.15) is 0 Å². The maximum atomic E-state index is 10.7. The summed E-state index contributed by atoms with van der Waals surface area (Å²) in [4.78, 5) is 21.3. The summed E-state index contributed by atoms with van der Waals surface area (Å²) in [5.74, 6) is 0.0920. The van der Waals surface area contributed by atoms with Crippen LogP contribution in [-0.2, 0) is 19.1 Å². The summed E-state index contributed by atoms with van der Waals surface area (Å²) < 4.78 is 9.92. The molecular formula is C11H18O4. The van der Waals surface area contributed by atoms with Crippen molar-refractivity contribution < 1.29 is 19.1 Å². The zero-order valence-electron chi connectivity index (χ0n) is 9.70. The minimum Gasteiger partial charge on any atom is -0.466 e. The molecule has 0 aliphatic heterocycles. The van der Waals surface area contributed by atoms with Gasteiger partial charge in [-0.25, -0.2) is 0 Å². The Morgan fingerprint density at radius 2 is 1.33 bits per heavy atom.